The lowest BCUT2D eigenvalue weighted by Crippen LogP contribution is -2.41. The van der Waals surface area contributed by atoms with Crippen LogP contribution in [0.5, 0.6) is 0 Å². The van der Waals surface area contributed by atoms with E-state index in [1.807, 2.05) is 0 Å². The van der Waals surface area contributed by atoms with Gasteiger partial charge < -0.3 is 13.9 Å². The van der Waals surface area contributed by atoms with Gasteiger partial charge in [0.05, 0.1) is 16.9 Å². The smallest absolute Gasteiger partial charge is 0.399 e. The molecule has 1 fully saturated rings. The maximum absolute atomic E-state index is 6.48. The SMILES string of the molecule is CCCCn1c2c(c3ccc(B4OC(C)(C)C(C)(C)O4)cc31)C(CCCC)(CCCC)c1cc(Br)ccc1-2. The van der Waals surface area contributed by atoms with Gasteiger partial charge in [-0.1, -0.05) is 87.0 Å². The Balaban J connectivity index is 1.76. The van der Waals surface area contributed by atoms with Crippen molar-refractivity contribution < 1.29 is 9.31 Å². The highest BCUT2D eigenvalue weighted by molar-refractivity contribution is 9.10. The van der Waals surface area contributed by atoms with Crippen LogP contribution in [0.3, 0.4) is 0 Å². The molecule has 1 aromatic heterocycles. The minimum Gasteiger partial charge on any atom is -0.399 e. The zero-order chi connectivity index (χ0) is 27.3. The van der Waals surface area contributed by atoms with E-state index in [0.717, 1.165) is 12.0 Å². The van der Waals surface area contributed by atoms with E-state index in [1.54, 1.807) is 5.56 Å². The topological polar surface area (TPSA) is 23.4 Å². The molecule has 204 valence electrons. The number of halogens is 1. The molecule has 1 aliphatic carbocycles. The molecule has 1 saturated heterocycles. The normalized spacial score (nSPS) is 18.8. The maximum atomic E-state index is 6.48. The Morgan fingerprint density at radius 1 is 0.816 bits per heavy atom. The van der Waals surface area contributed by atoms with Crippen molar-refractivity contribution in [3.63, 3.8) is 0 Å². The van der Waals surface area contributed by atoms with Crippen LogP contribution in [0.1, 0.15) is 111 Å². The van der Waals surface area contributed by atoms with Crippen LogP contribution in [0.25, 0.3) is 22.2 Å². The van der Waals surface area contributed by atoms with Crippen molar-refractivity contribution in [2.24, 2.45) is 0 Å². The summed E-state index contributed by atoms with van der Waals surface area (Å²) in [5.41, 5.74) is 7.80. The Bertz CT molecular complexity index is 1300. The monoisotopic (exact) mass is 577 g/mol. The summed E-state index contributed by atoms with van der Waals surface area (Å²) < 4.78 is 16.8. The molecule has 0 N–H and O–H groups in total. The maximum Gasteiger partial charge on any atom is 0.494 e. The first-order valence-electron chi connectivity index (χ1n) is 14.9. The lowest BCUT2D eigenvalue weighted by Gasteiger charge is -2.32. The Kier molecular flexibility index (Phi) is 7.70. The van der Waals surface area contributed by atoms with Crippen molar-refractivity contribution in [1.29, 1.82) is 0 Å². The second kappa shape index (κ2) is 10.4. The molecule has 1 aliphatic heterocycles. The fourth-order valence-electron chi connectivity index (χ4n) is 6.66. The van der Waals surface area contributed by atoms with Crippen LogP contribution in [-0.2, 0) is 21.3 Å². The second-order valence-electron chi connectivity index (χ2n) is 12.6. The average molecular weight is 578 g/mol. The third-order valence-corrected chi connectivity index (χ3v) is 9.99. The van der Waals surface area contributed by atoms with Gasteiger partial charge in [-0.25, -0.2) is 0 Å². The first-order chi connectivity index (χ1) is 18.1. The van der Waals surface area contributed by atoms with E-state index in [1.165, 1.54) is 83.6 Å². The van der Waals surface area contributed by atoms with Crippen LogP contribution in [0.15, 0.2) is 40.9 Å². The molecular formula is C33H45BBrNO2. The zero-order valence-electron chi connectivity index (χ0n) is 24.5. The highest BCUT2D eigenvalue weighted by Crippen LogP contribution is 2.58. The van der Waals surface area contributed by atoms with Gasteiger partial charge in [-0.15, -0.1) is 0 Å². The van der Waals surface area contributed by atoms with Crippen molar-refractivity contribution >= 4 is 39.4 Å². The number of unbranched alkanes of at least 4 members (excludes halogenated alkanes) is 3. The van der Waals surface area contributed by atoms with Crippen molar-refractivity contribution in [2.45, 2.75) is 123 Å². The summed E-state index contributed by atoms with van der Waals surface area (Å²) >= 11 is 3.83. The molecule has 0 spiro atoms. The van der Waals surface area contributed by atoms with Gasteiger partial charge in [0.2, 0.25) is 0 Å². The number of rotatable bonds is 10. The number of hydrogen-bond acceptors (Lipinski definition) is 2. The second-order valence-corrected chi connectivity index (χ2v) is 13.5. The Labute approximate surface area is 238 Å². The predicted molar refractivity (Wildman–Crippen MR) is 166 cm³/mol. The van der Waals surface area contributed by atoms with Crippen molar-refractivity contribution in [2.75, 3.05) is 0 Å². The first kappa shape index (κ1) is 28.0. The lowest BCUT2D eigenvalue weighted by molar-refractivity contribution is 0.00578. The van der Waals surface area contributed by atoms with Crippen LogP contribution in [-0.4, -0.2) is 22.9 Å². The number of benzene rings is 2. The van der Waals surface area contributed by atoms with Crippen LogP contribution >= 0.6 is 15.9 Å². The third kappa shape index (κ3) is 4.41. The number of fused-ring (bicyclic) bond motifs is 5. The minimum absolute atomic E-state index is 0.0576. The number of nitrogens with zero attached hydrogens (tertiary/aromatic N) is 1. The van der Waals surface area contributed by atoms with Gasteiger partial charge in [0, 0.05) is 32.9 Å². The zero-order valence-corrected chi connectivity index (χ0v) is 26.1. The number of aromatic nitrogens is 1. The summed E-state index contributed by atoms with van der Waals surface area (Å²) in [6.07, 6.45) is 9.65. The Morgan fingerprint density at radius 2 is 1.45 bits per heavy atom. The van der Waals surface area contributed by atoms with Crippen molar-refractivity contribution in [3.05, 3.63) is 52.0 Å². The molecule has 0 unspecified atom stereocenters. The van der Waals surface area contributed by atoms with Crippen LogP contribution in [0, 0.1) is 0 Å². The van der Waals surface area contributed by atoms with Crippen LogP contribution in [0.4, 0.5) is 0 Å². The van der Waals surface area contributed by atoms with Gasteiger partial charge in [-0.2, -0.15) is 0 Å². The molecule has 2 heterocycles. The molecule has 5 rings (SSSR count). The summed E-state index contributed by atoms with van der Waals surface area (Å²) in [6, 6.07) is 14.0. The fraction of sp³-hybridized carbons (Fsp3) is 0.576. The molecule has 3 nitrogen and oxygen atoms in total. The fourth-order valence-corrected chi connectivity index (χ4v) is 7.02. The summed E-state index contributed by atoms with van der Waals surface area (Å²) in [6.45, 7) is 16.5. The number of aryl methyl sites for hydroxylation is 1. The largest absolute Gasteiger partial charge is 0.494 e. The summed E-state index contributed by atoms with van der Waals surface area (Å²) in [5.74, 6) is 0. The molecule has 0 amide bonds. The van der Waals surface area contributed by atoms with E-state index < -0.39 is 0 Å². The van der Waals surface area contributed by atoms with Crippen LogP contribution in [0.2, 0.25) is 0 Å². The van der Waals surface area contributed by atoms with E-state index in [9.17, 15) is 0 Å². The van der Waals surface area contributed by atoms with E-state index in [4.69, 9.17) is 9.31 Å². The molecule has 0 atom stereocenters. The van der Waals surface area contributed by atoms with E-state index >= 15 is 0 Å². The lowest BCUT2D eigenvalue weighted by atomic mass is 9.70. The summed E-state index contributed by atoms with van der Waals surface area (Å²) in [5, 5.41) is 1.41. The third-order valence-electron chi connectivity index (χ3n) is 9.49. The first-order valence-corrected chi connectivity index (χ1v) is 15.7. The average Bonchev–Trinajstić information content (AvgIpc) is 3.42. The molecule has 0 saturated carbocycles. The highest BCUT2D eigenvalue weighted by atomic mass is 79.9. The van der Waals surface area contributed by atoms with Crippen molar-refractivity contribution in [3.8, 4) is 11.3 Å². The number of hydrogen-bond donors (Lipinski definition) is 0. The quantitative estimate of drug-likeness (QED) is 0.224. The van der Waals surface area contributed by atoms with Gasteiger partial charge in [-0.05, 0) is 81.7 Å². The standard InChI is InChI=1S/C33H45BBrNO2/c1-8-11-18-33(19-12-9-2)27-22-24(35)15-17-25(27)30-29(33)26-16-14-23(21-28(26)36(30)20-13-10-3)34-37-31(4,5)32(6,7)38-34/h14-17,21-22H,8-13,18-20H2,1-7H3. The minimum atomic E-state index is -0.347. The van der Waals surface area contributed by atoms with Crippen molar-refractivity contribution in [1.82, 2.24) is 4.57 Å². The van der Waals surface area contributed by atoms with E-state index in [0.29, 0.717) is 0 Å². The highest BCUT2D eigenvalue weighted by Gasteiger charge is 2.52. The van der Waals surface area contributed by atoms with E-state index in [2.05, 4.69) is 105 Å². The Hall–Kier alpha value is -1.56. The summed E-state index contributed by atoms with van der Waals surface area (Å²) in [4.78, 5) is 0. The molecule has 2 aromatic carbocycles. The van der Waals surface area contributed by atoms with E-state index in [-0.39, 0.29) is 23.7 Å². The molecule has 2 aliphatic rings. The van der Waals surface area contributed by atoms with Crippen LogP contribution < -0.4 is 5.46 Å². The predicted octanol–water partition coefficient (Wildman–Crippen LogP) is 9.15. The van der Waals surface area contributed by atoms with Gasteiger partial charge >= 0.3 is 7.12 Å². The molecule has 38 heavy (non-hydrogen) atoms. The summed E-state index contributed by atoms with van der Waals surface area (Å²) in [7, 11) is -0.345. The van der Waals surface area contributed by atoms with Gasteiger partial charge in [0.1, 0.15) is 0 Å². The molecule has 3 aromatic rings. The van der Waals surface area contributed by atoms with Gasteiger partial charge in [0.25, 0.3) is 0 Å². The molecule has 0 bridgehead atoms. The van der Waals surface area contributed by atoms with Gasteiger partial charge in [0.15, 0.2) is 0 Å². The molecule has 5 heteroatoms. The Morgan fingerprint density at radius 3 is 2.05 bits per heavy atom. The molecule has 0 radical (unpaired) electrons. The molecular weight excluding hydrogens is 533 g/mol. The van der Waals surface area contributed by atoms with Gasteiger partial charge in [-0.3, -0.25) is 0 Å².